The van der Waals surface area contributed by atoms with Crippen molar-refractivity contribution in [3.63, 3.8) is 0 Å². The SMILES string of the molecule is CC(NCCC1CCCO1)c1ccc(O)cc1F. The van der Waals surface area contributed by atoms with E-state index in [9.17, 15) is 4.39 Å². The van der Waals surface area contributed by atoms with Crippen LogP contribution in [-0.4, -0.2) is 24.4 Å². The van der Waals surface area contributed by atoms with Crippen LogP contribution < -0.4 is 5.32 Å². The number of hydrogen-bond acceptors (Lipinski definition) is 3. The lowest BCUT2D eigenvalue weighted by atomic mass is 10.1. The number of phenols is 1. The first-order valence-electron chi connectivity index (χ1n) is 6.50. The van der Waals surface area contributed by atoms with Crippen LogP contribution in [0.1, 0.15) is 37.8 Å². The lowest BCUT2D eigenvalue weighted by Gasteiger charge is -2.16. The van der Waals surface area contributed by atoms with E-state index in [0.717, 1.165) is 38.5 Å². The number of hydrogen-bond donors (Lipinski definition) is 2. The second-order valence-electron chi connectivity index (χ2n) is 4.81. The van der Waals surface area contributed by atoms with E-state index in [4.69, 9.17) is 9.84 Å². The second kappa shape index (κ2) is 6.16. The van der Waals surface area contributed by atoms with Crippen LogP contribution in [0.3, 0.4) is 0 Å². The molecule has 0 aromatic heterocycles. The van der Waals surface area contributed by atoms with Crippen molar-refractivity contribution in [2.45, 2.75) is 38.3 Å². The monoisotopic (exact) mass is 253 g/mol. The quantitative estimate of drug-likeness (QED) is 0.847. The highest BCUT2D eigenvalue weighted by Gasteiger charge is 2.16. The van der Waals surface area contributed by atoms with Crippen molar-refractivity contribution in [2.24, 2.45) is 0 Å². The Labute approximate surface area is 107 Å². The Bertz CT molecular complexity index is 391. The predicted molar refractivity (Wildman–Crippen MR) is 68.1 cm³/mol. The van der Waals surface area contributed by atoms with Gasteiger partial charge in [-0.15, -0.1) is 0 Å². The van der Waals surface area contributed by atoms with E-state index in [1.165, 1.54) is 6.07 Å². The van der Waals surface area contributed by atoms with Gasteiger partial charge in [0.15, 0.2) is 0 Å². The Kier molecular flexibility index (Phi) is 4.55. The lowest BCUT2D eigenvalue weighted by molar-refractivity contribution is 0.103. The fourth-order valence-electron chi connectivity index (χ4n) is 2.31. The van der Waals surface area contributed by atoms with E-state index < -0.39 is 0 Å². The Morgan fingerprint density at radius 3 is 3.06 bits per heavy atom. The number of halogens is 1. The van der Waals surface area contributed by atoms with Gasteiger partial charge in [-0.3, -0.25) is 0 Å². The standard InChI is InChI=1S/C14H20FNO2/c1-10(13-5-4-11(17)9-14(13)15)16-7-6-12-3-2-8-18-12/h4-5,9-10,12,16-17H,2-3,6-8H2,1H3. The summed E-state index contributed by atoms with van der Waals surface area (Å²) in [5, 5.41) is 12.4. The Morgan fingerprint density at radius 2 is 2.39 bits per heavy atom. The molecule has 2 rings (SSSR count). The summed E-state index contributed by atoms with van der Waals surface area (Å²) in [6, 6.07) is 4.21. The summed E-state index contributed by atoms with van der Waals surface area (Å²) in [4.78, 5) is 0. The molecule has 1 saturated heterocycles. The van der Waals surface area contributed by atoms with Crippen LogP contribution in [0.5, 0.6) is 5.75 Å². The largest absolute Gasteiger partial charge is 0.508 e. The maximum Gasteiger partial charge on any atom is 0.131 e. The van der Waals surface area contributed by atoms with E-state index in [0.29, 0.717) is 11.7 Å². The third-order valence-electron chi connectivity index (χ3n) is 3.39. The topological polar surface area (TPSA) is 41.5 Å². The van der Waals surface area contributed by atoms with Gasteiger partial charge in [-0.1, -0.05) is 6.07 Å². The van der Waals surface area contributed by atoms with Crippen LogP contribution in [0.4, 0.5) is 4.39 Å². The van der Waals surface area contributed by atoms with Crippen LogP contribution in [0.2, 0.25) is 0 Å². The van der Waals surface area contributed by atoms with Gasteiger partial charge in [-0.05, 0) is 38.8 Å². The minimum absolute atomic E-state index is 0.0391. The smallest absolute Gasteiger partial charge is 0.131 e. The van der Waals surface area contributed by atoms with Crippen LogP contribution >= 0.6 is 0 Å². The number of ether oxygens (including phenoxy) is 1. The number of rotatable bonds is 5. The van der Waals surface area contributed by atoms with Crippen molar-refractivity contribution in [1.29, 1.82) is 0 Å². The molecule has 0 radical (unpaired) electrons. The van der Waals surface area contributed by atoms with Crippen LogP contribution in [0.15, 0.2) is 18.2 Å². The van der Waals surface area contributed by atoms with E-state index in [1.54, 1.807) is 6.07 Å². The minimum Gasteiger partial charge on any atom is -0.508 e. The van der Waals surface area contributed by atoms with E-state index in [1.807, 2.05) is 6.92 Å². The first-order valence-corrected chi connectivity index (χ1v) is 6.50. The molecule has 3 nitrogen and oxygen atoms in total. The van der Waals surface area contributed by atoms with Gasteiger partial charge in [-0.2, -0.15) is 0 Å². The van der Waals surface area contributed by atoms with Gasteiger partial charge in [-0.25, -0.2) is 4.39 Å². The molecule has 100 valence electrons. The molecule has 0 saturated carbocycles. The predicted octanol–water partition coefficient (Wildman–Crippen LogP) is 2.75. The van der Waals surface area contributed by atoms with Crippen molar-refractivity contribution in [3.8, 4) is 5.75 Å². The first kappa shape index (κ1) is 13.3. The molecule has 1 aliphatic heterocycles. The summed E-state index contributed by atoms with van der Waals surface area (Å²) in [6.45, 7) is 3.60. The van der Waals surface area contributed by atoms with Gasteiger partial charge in [0.05, 0.1) is 6.10 Å². The second-order valence-corrected chi connectivity index (χ2v) is 4.81. The summed E-state index contributed by atoms with van der Waals surface area (Å²) in [5.74, 6) is -0.407. The molecule has 4 heteroatoms. The van der Waals surface area contributed by atoms with Gasteiger partial charge < -0.3 is 15.2 Å². The van der Waals surface area contributed by atoms with Crippen molar-refractivity contribution in [2.75, 3.05) is 13.2 Å². The van der Waals surface area contributed by atoms with Crippen molar-refractivity contribution in [1.82, 2.24) is 5.32 Å². The van der Waals surface area contributed by atoms with Crippen LogP contribution in [0, 0.1) is 5.82 Å². The molecule has 1 aromatic carbocycles. The minimum atomic E-state index is -0.368. The molecular formula is C14H20FNO2. The molecule has 18 heavy (non-hydrogen) atoms. The molecular weight excluding hydrogens is 233 g/mol. The zero-order valence-electron chi connectivity index (χ0n) is 10.7. The van der Waals surface area contributed by atoms with Crippen molar-refractivity contribution in [3.05, 3.63) is 29.6 Å². The summed E-state index contributed by atoms with van der Waals surface area (Å²) in [6.07, 6.45) is 3.59. The zero-order chi connectivity index (χ0) is 13.0. The summed E-state index contributed by atoms with van der Waals surface area (Å²) < 4.78 is 19.1. The summed E-state index contributed by atoms with van der Waals surface area (Å²) in [7, 11) is 0. The fraction of sp³-hybridized carbons (Fsp3) is 0.571. The molecule has 0 amide bonds. The van der Waals surface area contributed by atoms with Gasteiger partial charge >= 0.3 is 0 Å². The third kappa shape index (κ3) is 3.43. The van der Waals surface area contributed by atoms with Gasteiger partial charge in [0.2, 0.25) is 0 Å². The molecule has 1 aliphatic rings. The highest BCUT2D eigenvalue weighted by Crippen LogP contribution is 2.21. The molecule has 1 fully saturated rings. The summed E-state index contributed by atoms with van der Waals surface area (Å²) in [5.41, 5.74) is 0.583. The average Bonchev–Trinajstić information content (AvgIpc) is 2.81. The van der Waals surface area contributed by atoms with Crippen LogP contribution in [0.25, 0.3) is 0 Å². The maximum absolute atomic E-state index is 13.6. The Balaban J connectivity index is 1.81. The van der Waals surface area contributed by atoms with E-state index in [-0.39, 0.29) is 17.6 Å². The molecule has 0 bridgehead atoms. The van der Waals surface area contributed by atoms with Crippen molar-refractivity contribution >= 4 is 0 Å². The van der Waals surface area contributed by atoms with E-state index >= 15 is 0 Å². The van der Waals surface area contributed by atoms with Crippen LogP contribution in [-0.2, 0) is 4.74 Å². The molecule has 1 aromatic rings. The fourth-order valence-corrected chi connectivity index (χ4v) is 2.31. The van der Waals surface area contributed by atoms with Gasteiger partial charge in [0.25, 0.3) is 0 Å². The molecule has 2 N–H and O–H groups in total. The molecule has 2 atom stereocenters. The number of benzene rings is 1. The third-order valence-corrected chi connectivity index (χ3v) is 3.39. The zero-order valence-corrected chi connectivity index (χ0v) is 10.7. The number of nitrogens with one attached hydrogen (secondary N) is 1. The van der Waals surface area contributed by atoms with Crippen molar-refractivity contribution < 1.29 is 14.2 Å². The van der Waals surface area contributed by atoms with Gasteiger partial charge in [0.1, 0.15) is 11.6 Å². The summed E-state index contributed by atoms with van der Waals surface area (Å²) >= 11 is 0. The van der Waals surface area contributed by atoms with E-state index in [2.05, 4.69) is 5.32 Å². The molecule has 0 aliphatic carbocycles. The number of aromatic hydroxyl groups is 1. The molecule has 2 unspecified atom stereocenters. The maximum atomic E-state index is 13.6. The Morgan fingerprint density at radius 1 is 1.56 bits per heavy atom. The highest BCUT2D eigenvalue weighted by molar-refractivity contribution is 5.29. The van der Waals surface area contributed by atoms with Gasteiger partial charge in [0, 0.05) is 24.3 Å². The highest BCUT2D eigenvalue weighted by atomic mass is 19.1. The lowest BCUT2D eigenvalue weighted by Crippen LogP contribution is -2.24. The molecule has 0 spiro atoms. The normalized spacial score (nSPS) is 21.1. The Hall–Kier alpha value is -1.13. The number of phenolic OH excluding ortho intramolecular Hbond substituents is 1. The first-order chi connectivity index (χ1) is 8.66. The molecule has 1 heterocycles. The average molecular weight is 253 g/mol.